The topological polar surface area (TPSA) is 63.8 Å². The summed E-state index contributed by atoms with van der Waals surface area (Å²) in [6.45, 7) is 0. The number of aliphatic hydroxyl groups excluding tert-OH is 1. The first-order valence-electron chi connectivity index (χ1n) is 4.31. The molecule has 0 aliphatic carbocycles. The van der Waals surface area contributed by atoms with E-state index < -0.39 is 6.10 Å². The van der Waals surface area contributed by atoms with Crippen molar-refractivity contribution in [1.29, 1.82) is 0 Å². The number of hydrogen-bond donors (Lipinski definition) is 1. The fourth-order valence-electron chi connectivity index (χ4n) is 1.33. The zero-order valence-corrected chi connectivity index (χ0v) is 9.59. The van der Waals surface area contributed by atoms with Crippen LogP contribution in [0.5, 0.6) is 0 Å². The number of hydrogen-bond acceptors (Lipinski definition) is 4. The third-order valence-corrected chi connectivity index (χ3v) is 2.69. The van der Waals surface area contributed by atoms with E-state index in [1.807, 2.05) is 0 Å². The standard InChI is InChI=1S/C9H9BrN4O/c1-14-8(6(10)4-13-14)9(15)7-2-3-11-5-12-7/h2-5,9,15H,1H3. The molecule has 0 aliphatic rings. The molecule has 78 valence electrons. The number of rotatable bonds is 2. The molecule has 2 rings (SSSR count). The van der Waals surface area contributed by atoms with Crippen molar-refractivity contribution in [1.82, 2.24) is 19.7 Å². The fraction of sp³-hybridized carbons (Fsp3) is 0.222. The number of nitrogens with zero attached hydrogens (tertiary/aromatic N) is 4. The number of halogens is 1. The lowest BCUT2D eigenvalue weighted by Gasteiger charge is -2.10. The van der Waals surface area contributed by atoms with Gasteiger partial charge in [0.25, 0.3) is 0 Å². The quantitative estimate of drug-likeness (QED) is 0.885. The number of aromatic nitrogens is 4. The van der Waals surface area contributed by atoms with Gasteiger partial charge in [0.2, 0.25) is 0 Å². The largest absolute Gasteiger partial charge is 0.380 e. The van der Waals surface area contributed by atoms with E-state index in [0.717, 1.165) is 4.47 Å². The molecule has 1 unspecified atom stereocenters. The maximum atomic E-state index is 10.1. The van der Waals surface area contributed by atoms with Crippen molar-refractivity contribution in [2.24, 2.45) is 7.05 Å². The second kappa shape index (κ2) is 4.08. The van der Waals surface area contributed by atoms with Crippen LogP contribution in [0.2, 0.25) is 0 Å². The Kier molecular flexibility index (Phi) is 2.79. The van der Waals surface area contributed by atoms with Crippen molar-refractivity contribution in [3.63, 3.8) is 0 Å². The molecule has 0 fully saturated rings. The minimum absolute atomic E-state index is 0.550. The van der Waals surface area contributed by atoms with Gasteiger partial charge in [0.1, 0.15) is 12.4 Å². The summed E-state index contributed by atoms with van der Waals surface area (Å²) in [6, 6.07) is 1.67. The first-order valence-corrected chi connectivity index (χ1v) is 5.11. The summed E-state index contributed by atoms with van der Waals surface area (Å²) in [4.78, 5) is 7.79. The molecule has 0 amide bonds. The van der Waals surface area contributed by atoms with E-state index in [4.69, 9.17) is 0 Å². The first-order chi connectivity index (χ1) is 7.20. The van der Waals surface area contributed by atoms with Crippen molar-refractivity contribution in [2.75, 3.05) is 0 Å². The van der Waals surface area contributed by atoms with Crippen molar-refractivity contribution in [2.45, 2.75) is 6.10 Å². The molecule has 0 aromatic carbocycles. The Morgan fingerprint density at radius 1 is 1.53 bits per heavy atom. The molecule has 0 aliphatic heterocycles. The maximum absolute atomic E-state index is 10.1. The van der Waals surface area contributed by atoms with E-state index in [1.54, 1.807) is 30.2 Å². The van der Waals surface area contributed by atoms with Crippen LogP contribution in [0.1, 0.15) is 17.5 Å². The van der Waals surface area contributed by atoms with Crippen LogP contribution in [-0.4, -0.2) is 24.9 Å². The van der Waals surface area contributed by atoms with Crippen LogP contribution in [0.3, 0.4) is 0 Å². The summed E-state index contributed by atoms with van der Waals surface area (Å²) in [6.07, 6.45) is 3.84. The van der Waals surface area contributed by atoms with Crippen LogP contribution in [0.4, 0.5) is 0 Å². The Hall–Kier alpha value is -1.27. The van der Waals surface area contributed by atoms with Gasteiger partial charge in [-0.3, -0.25) is 4.68 Å². The van der Waals surface area contributed by atoms with E-state index in [2.05, 4.69) is 31.0 Å². The van der Waals surface area contributed by atoms with Gasteiger partial charge in [-0.1, -0.05) is 0 Å². The highest BCUT2D eigenvalue weighted by atomic mass is 79.9. The lowest BCUT2D eigenvalue weighted by atomic mass is 10.2. The summed E-state index contributed by atoms with van der Waals surface area (Å²) in [7, 11) is 1.77. The second-order valence-corrected chi connectivity index (χ2v) is 3.89. The predicted octanol–water partition coefficient (Wildman–Crippen LogP) is 1.05. The molecule has 2 heterocycles. The SMILES string of the molecule is Cn1ncc(Br)c1C(O)c1ccncn1. The Morgan fingerprint density at radius 3 is 2.87 bits per heavy atom. The lowest BCUT2D eigenvalue weighted by Crippen LogP contribution is -2.08. The molecular weight excluding hydrogens is 260 g/mol. The van der Waals surface area contributed by atoms with Crippen LogP contribution in [0.25, 0.3) is 0 Å². The minimum Gasteiger partial charge on any atom is -0.380 e. The normalized spacial score (nSPS) is 12.7. The minimum atomic E-state index is -0.796. The van der Waals surface area contributed by atoms with Crippen LogP contribution >= 0.6 is 15.9 Å². The average Bonchev–Trinajstić information content (AvgIpc) is 2.59. The number of aryl methyl sites for hydroxylation is 1. The zero-order valence-electron chi connectivity index (χ0n) is 8.00. The van der Waals surface area contributed by atoms with Crippen LogP contribution in [-0.2, 0) is 7.05 Å². The molecular formula is C9H9BrN4O. The maximum Gasteiger partial charge on any atom is 0.139 e. The molecule has 2 aromatic heterocycles. The van der Waals surface area contributed by atoms with Gasteiger partial charge in [-0.25, -0.2) is 9.97 Å². The third kappa shape index (κ3) is 1.91. The van der Waals surface area contributed by atoms with Crippen molar-refractivity contribution in [3.8, 4) is 0 Å². The zero-order chi connectivity index (χ0) is 10.8. The first kappa shape index (κ1) is 10.3. The monoisotopic (exact) mass is 268 g/mol. The van der Waals surface area contributed by atoms with Crippen molar-refractivity contribution in [3.05, 3.63) is 40.6 Å². The molecule has 0 saturated carbocycles. The number of aliphatic hydroxyl groups is 1. The van der Waals surface area contributed by atoms with Crippen molar-refractivity contribution >= 4 is 15.9 Å². The molecule has 1 atom stereocenters. The van der Waals surface area contributed by atoms with Gasteiger partial charge in [-0.2, -0.15) is 5.10 Å². The highest BCUT2D eigenvalue weighted by Gasteiger charge is 2.18. The fourth-order valence-corrected chi connectivity index (χ4v) is 1.90. The molecule has 0 saturated heterocycles. The Bertz CT molecular complexity index is 437. The Morgan fingerprint density at radius 2 is 2.33 bits per heavy atom. The lowest BCUT2D eigenvalue weighted by molar-refractivity contribution is 0.204. The molecule has 0 radical (unpaired) electrons. The van der Waals surface area contributed by atoms with Gasteiger partial charge in [0, 0.05) is 13.2 Å². The highest BCUT2D eigenvalue weighted by molar-refractivity contribution is 9.10. The molecule has 6 heteroatoms. The van der Waals surface area contributed by atoms with Crippen LogP contribution in [0, 0.1) is 0 Å². The molecule has 0 bridgehead atoms. The van der Waals surface area contributed by atoms with Gasteiger partial charge in [-0.15, -0.1) is 0 Å². The smallest absolute Gasteiger partial charge is 0.139 e. The predicted molar refractivity (Wildman–Crippen MR) is 57.0 cm³/mol. The summed E-state index contributed by atoms with van der Waals surface area (Å²) in [5.74, 6) is 0. The summed E-state index contributed by atoms with van der Waals surface area (Å²) in [5, 5.41) is 14.1. The molecule has 2 aromatic rings. The van der Waals surface area contributed by atoms with Gasteiger partial charge < -0.3 is 5.11 Å². The van der Waals surface area contributed by atoms with Gasteiger partial charge in [0.05, 0.1) is 22.1 Å². The molecule has 0 spiro atoms. The summed E-state index contributed by atoms with van der Waals surface area (Å²) >= 11 is 3.33. The van der Waals surface area contributed by atoms with Gasteiger partial charge >= 0.3 is 0 Å². The van der Waals surface area contributed by atoms with E-state index in [9.17, 15) is 5.11 Å². The van der Waals surface area contributed by atoms with Crippen LogP contribution in [0.15, 0.2) is 29.3 Å². The van der Waals surface area contributed by atoms with E-state index in [0.29, 0.717) is 11.4 Å². The van der Waals surface area contributed by atoms with Gasteiger partial charge in [0.15, 0.2) is 0 Å². The average molecular weight is 269 g/mol. The summed E-state index contributed by atoms with van der Waals surface area (Å²) in [5.41, 5.74) is 1.23. The third-order valence-electron chi connectivity index (χ3n) is 2.08. The van der Waals surface area contributed by atoms with E-state index in [1.165, 1.54) is 6.33 Å². The second-order valence-electron chi connectivity index (χ2n) is 3.04. The highest BCUT2D eigenvalue weighted by Crippen LogP contribution is 2.26. The Labute approximate surface area is 94.9 Å². The molecule has 15 heavy (non-hydrogen) atoms. The Balaban J connectivity index is 2.41. The van der Waals surface area contributed by atoms with Crippen LogP contribution < -0.4 is 0 Å². The summed E-state index contributed by atoms with van der Waals surface area (Å²) < 4.78 is 2.37. The van der Waals surface area contributed by atoms with Crippen molar-refractivity contribution < 1.29 is 5.11 Å². The molecule has 5 nitrogen and oxygen atoms in total. The molecule has 1 N–H and O–H groups in total. The van der Waals surface area contributed by atoms with E-state index in [-0.39, 0.29) is 0 Å². The van der Waals surface area contributed by atoms with E-state index >= 15 is 0 Å². The van der Waals surface area contributed by atoms with Gasteiger partial charge in [-0.05, 0) is 22.0 Å².